The van der Waals surface area contributed by atoms with Gasteiger partial charge in [0.05, 0.1) is 4.90 Å². The Morgan fingerprint density at radius 2 is 1.84 bits per heavy atom. The molecule has 0 atom stereocenters. The molecule has 0 amide bonds. The minimum absolute atomic E-state index is 0.0741. The number of rotatable bonds is 1. The summed E-state index contributed by atoms with van der Waals surface area (Å²) < 4.78 is 29.2. The summed E-state index contributed by atoms with van der Waals surface area (Å²) in [5, 5.41) is 1.62. The molecule has 0 saturated heterocycles. The minimum atomic E-state index is -4.00. The summed E-state index contributed by atoms with van der Waals surface area (Å²) >= 11 is 0. The van der Waals surface area contributed by atoms with E-state index in [1.54, 1.807) is 23.2 Å². The second kappa shape index (κ2) is 6.46. The van der Waals surface area contributed by atoms with Crippen LogP contribution in [-0.4, -0.2) is 30.4 Å². The van der Waals surface area contributed by atoms with Crippen LogP contribution in [0.4, 0.5) is 0 Å². The maximum Gasteiger partial charge on any atom is 0.294 e. The van der Waals surface area contributed by atoms with Gasteiger partial charge in [-0.05, 0) is 32.1 Å². The van der Waals surface area contributed by atoms with Gasteiger partial charge in [-0.15, -0.1) is 0 Å². The monoisotopic (exact) mass is 283 g/mol. The van der Waals surface area contributed by atoms with Crippen molar-refractivity contribution in [2.45, 2.75) is 18.7 Å². The van der Waals surface area contributed by atoms with Gasteiger partial charge in [-0.2, -0.15) is 8.42 Å². The van der Waals surface area contributed by atoms with Gasteiger partial charge < -0.3 is 0 Å². The van der Waals surface area contributed by atoms with E-state index in [0.29, 0.717) is 6.67 Å². The zero-order chi connectivity index (χ0) is 14.5. The van der Waals surface area contributed by atoms with E-state index in [-0.39, 0.29) is 4.90 Å². The zero-order valence-corrected chi connectivity index (χ0v) is 11.6. The van der Waals surface area contributed by atoms with E-state index in [0.717, 1.165) is 11.4 Å². The fourth-order valence-corrected chi connectivity index (χ4v) is 1.82. The molecule has 1 aliphatic rings. The molecule has 1 aromatic rings. The second-order valence-electron chi connectivity index (χ2n) is 3.98. The first kappa shape index (κ1) is 15.4. The normalized spacial score (nSPS) is 15.1. The van der Waals surface area contributed by atoms with Crippen molar-refractivity contribution in [2.24, 2.45) is 10.8 Å². The fraction of sp³-hybridized carbons (Fsp3) is 0.250. The van der Waals surface area contributed by atoms with Crippen molar-refractivity contribution in [1.82, 2.24) is 5.01 Å². The molecule has 0 fully saturated rings. The van der Waals surface area contributed by atoms with E-state index in [1.807, 2.05) is 19.9 Å². The van der Waals surface area contributed by atoms with E-state index in [4.69, 9.17) is 10.4 Å². The Bertz CT molecular complexity index is 579. The summed E-state index contributed by atoms with van der Waals surface area (Å²) in [4.78, 5) is 4.03. The third-order valence-electron chi connectivity index (χ3n) is 2.38. The summed E-state index contributed by atoms with van der Waals surface area (Å²) in [6, 6.07) is 7.42. The van der Waals surface area contributed by atoms with Gasteiger partial charge in [-0.3, -0.25) is 14.6 Å². The number of hydrogen-bond acceptors (Lipinski definition) is 5. The first-order valence-corrected chi connectivity index (χ1v) is 6.99. The van der Waals surface area contributed by atoms with E-state index in [9.17, 15) is 8.42 Å². The maximum atomic E-state index is 10.4. The highest BCUT2D eigenvalue weighted by atomic mass is 32.2. The standard InChI is InChI=1S/C6H11N3.C6H6O3S/c1-5-3-6(2)9(7)4-8-5;7-10(8,9)6-4-2-1-3-5-6/h3H,4,7H2,1-2H3;1-5H,(H,7,8,9). The Morgan fingerprint density at radius 3 is 2.21 bits per heavy atom. The van der Waals surface area contributed by atoms with Gasteiger partial charge >= 0.3 is 0 Å². The van der Waals surface area contributed by atoms with E-state index in [2.05, 4.69) is 4.99 Å². The van der Waals surface area contributed by atoms with Gasteiger partial charge in [-0.1, -0.05) is 18.2 Å². The third kappa shape index (κ3) is 5.21. The van der Waals surface area contributed by atoms with E-state index >= 15 is 0 Å². The number of nitrogens with two attached hydrogens (primary N) is 1. The van der Waals surface area contributed by atoms with Crippen molar-refractivity contribution in [3.05, 3.63) is 42.1 Å². The summed E-state index contributed by atoms with van der Waals surface area (Å²) in [6.07, 6.45) is 1.96. The van der Waals surface area contributed by atoms with Gasteiger partial charge in [0, 0.05) is 11.4 Å². The molecule has 6 nitrogen and oxygen atoms in total. The van der Waals surface area contributed by atoms with Crippen LogP contribution in [0.3, 0.4) is 0 Å². The van der Waals surface area contributed by atoms with Gasteiger partial charge in [0.25, 0.3) is 10.1 Å². The molecule has 0 radical (unpaired) electrons. The smallest absolute Gasteiger partial charge is 0.294 e. The van der Waals surface area contributed by atoms with Crippen LogP contribution in [0.25, 0.3) is 0 Å². The Morgan fingerprint density at radius 1 is 1.26 bits per heavy atom. The second-order valence-corrected chi connectivity index (χ2v) is 5.41. The molecule has 104 valence electrons. The summed E-state index contributed by atoms with van der Waals surface area (Å²) in [5.74, 6) is 5.50. The predicted molar refractivity (Wildman–Crippen MR) is 74.0 cm³/mol. The Hall–Kier alpha value is -1.70. The molecule has 7 heteroatoms. The van der Waals surface area contributed by atoms with Crippen molar-refractivity contribution >= 4 is 15.8 Å². The SMILES string of the molecule is CC1=CC(C)=NCN1N.O=S(=O)(O)c1ccccc1. The van der Waals surface area contributed by atoms with Crippen LogP contribution in [0.2, 0.25) is 0 Å². The quantitative estimate of drug-likeness (QED) is 0.600. The molecule has 1 aliphatic heterocycles. The zero-order valence-electron chi connectivity index (χ0n) is 10.8. The molecule has 1 aromatic carbocycles. The molecule has 19 heavy (non-hydrogen) atoms. The molecule has 0 aromatic heterocycles. The lowest BCUT2D eigenvalue weighted by Crippen LogP contribution is -2.32. The molecular weight excluding hydrogens is 266 g/mol. The summed E-state index contributed by atoms with van der Waals surface area (Å²) in [5.41, 5.74) is 2.12. The van der Waals surface area contributed by atoms with Crippen LogP contribution < -0.4 is 5.84 Å². The molecule has 0 unspecified atom stereocenters. The van der Waals surface area contributed by atoms with Crippen molar-refractivity contribution in [3.8, 4) is 0 Å². The molecular formula is C12H17N3O3S. The lowest BCUT2D eigenvalue weighted by Gasteiger charge is -2.20. The molecule has 0 aliphatic carbocycles. The third-order valence-corrected chi connectivity index (χ3v) is 3.25. The Labute approximate surface area is 113 Å². The van der Waals surface area contributed by atoms with Crippen LogP contribution >= 0.6 is 0 Å². The predicted octanol–water partition coefficient (Wildman–Crippen LogP) is 1.43. The Kier molecular flexibility index (Phi) is 5.22. The average Bonchev–Trinajstić information content (AvgIpc) is 2.35. The highest BCUT2D eigenvalue weighted by Crippen LogP contribution is 2.05. The molecule has 1 heterocycles. The van der Waals surface area contributed by atoms with Gasteiger partial charge in [0.2, 0.25) is 0 Å². The van der Waals surface area contributed by atoms with E-state index < -0.39 is 10.1 Å². The largest absolute Gasteiger partial charge is 0.294 e. The lowest BCUT2D eigenvalue weighted by molar-refractivity contribution is 0.368. The van der Waals surface area contributed by atoms with Crippen molar-refractivity contribution < 1.29 is 13.0 Å². The first-order valence-electron chi connectivity index (χ1n) is 5.55. The molecule has 0 saturated carbocycles. The maximum absolute atomic E-state index is 10.4. The van der Waals surface area contributed by atoms with Crippen LogP contribution in [-0.2, 0) is 10.1 Å². The van der Waals surface area contributed by atoms with Crippen molar-refractivity contribution in [3.63, 3.8) is 0 Å². The van der Waals surface area contributed by atoms with Gasteiger partial charge in [0.15, 0.2) is 0 Å². The lowest BCUT2D eigenvalue weighted by atomic mass is 10.3. The summed E-state index contributed by atoms with van der Waals surface area (Å²) in [6.45, 7) is 4.53. The van der Waals surface area contributed by atoms with Crippen LogP contribution in [0.5, 0.6) is 0 Å². The number of aliphatic imine (C=N–C) groups is 1. The molecule has 0 spiro atoms. The first-order chi connectivity index (χ1) is 8.80. The average molecular weight is 283 g/mol. The molecule has 3 N–H and O–H groups in total. The fourth-order valence-electron chi connectivity index (χ4n) is 1.32. The number of nitrogens with zero attached hydrogens (tertiary/aromatic N) is 2. The van der Waals surface area contributed by atoms with Crippen LogP contribution in [0, 0.1) is 0 Å². The van der Waals surface area contributed by atoms with Gasteiger partial charge in [-0.25, -0.2) is 5.84 Å². The van der Waals surface area contributed by atoms with E-state index in [1.165, 1.54) is 12.1 Å². The highest BCUT2D eigenvalue weighted by molar-refractivity contribution is 7.85. The van der Waals surface area contributed by atoms with Crippen molar-refractivity contribution in [1.29, 1.82) is 0 Å². The molecule has 2 rings (SSSR count). The number of hydrogen-bond donors (Lipinski definition) is 2. The number of allylic oxidation sites excluding steroid dienone is 2. The minimum Gasteiger partial charge on any atom is -0.294 e. The number of benzene rings is 1. The number of hydrazine groups is 1. The topological polar surface area (TPSA) is 96.0 Å². The van der Waals surface area contributed by atoms with Crippen LogP contribution in [0.15, 0.2) is 52.0 Å². The van der Waals surface area contributed by atoms with Crippen molar-refractivity contribution in [2.75, 3.05) is 6.67 Å². The van der Waals surface area contributed by atoms with Crippen LogP contribution in [0.1, 0.15) is 13.8 Å². The summed E-state index contributed by atoms with van der Waals surface area (Å²) in [7, 11) is -4.00. The Balaban J connectivity index is 0.000000191. The van der Waals surface area contributed by atoms with Gasteiger partial charge in [0.1, 0.15) is 6.67 Å². The molecule has 0 bridgehead atoms. The highest BCUT2D eigenvalue weighted by Gasteiger charge is 2.05.